The molecule has 0 atom stereocenters. The Bertz CT molecular complexity index is 1040. The average molecular weight is 395 g/mol. The first-order valence-electron chi connectivity index (χ1n) is 9.15. The van der Waals surface area contributed by atoms with E-state index in [9.17, 15) is 9.59 Å². The first kappa shape index (κ1) is 18.4. The zero-order valence-electron chi connectivity index (χ0n) is 16.0. The van der Waals surface area contributed by atoms with Crippen molar-refractivity contribution in [3.05, 3.63) is 47.5 Å². The van der Waals surface area contributed by atoms with Crippen LogP contribution in [0.2, 0.25) is 0 Å². The van der Waals surface area contributed by atoms with Crippen molar-refractivity contribution in [2.75, 3.05) is 23.4 Å². The normalized spacial score (nSPS) is 15.7. The lowest BCUT2D eigenvalue weighted by Gasteiger charge is -2.26. The summed E-state index contributed by atoms with van der Waals surface area (Å²) in [5.74, 6) is 0.349. The van der Waals surface area contributed by atoms with E-state index in [1.54, 1.807) is 17.0 Å². The first-order chi connectivity index (χ1) is 13.4. The van der Waals surface area contributed by atoms with Crippen molar-refractivity contribution in [1.29, 1.82) is 0 Å². The second-order valence-corrected chi connectivity index (χ2v) is 8.38. The number of para-hydroxylation sites is 1. The van der Waals surface area contributed by atoms with Gasteiger partial charge in [-0.1, -0.05) is 12.1 Å². The summed E-state index contributed by atoms with van der Waals surface area (Å²) in [5.41, 5.74) is 1.52. The predicted molar refractivity (Wildman–Crippen MR) is 111 cm³/mol. The number of anilines is 2. The molecule has 1 aromatic heterocycles. The van der Waals surface area contributed by atoms with Crippen LogP contribution in [0.1, 0.15) is 30.6 Å². The van der Waals surface area contributed by atoms with Gasteiger partial charge in [-0.3, -0.25) is 9.59 Å². The van der Waals surface area contributed by atoms with Crippen LogP contribution in [-0.4, -0.2) is 29.9 Å². The SMILES string of the molecule is CCN1C(=O)C(C)(C)COc2cc(NC(=O)c3nc4ccccc4s3)ccc21. The molecule has 0 radical (unpaired) electrons. The van der Waals surface area contributed by atoms with E-state index in [2.05, 4.69) is 10.3 Å². The molecule has 28 heavy (non-hydrogen) atoms. The van der Waals surface area contributed by atoms with E-state index in [0.29, 0.717) is 23.0 Å². The molecule has 0 spiro atoms. The van der Waals surface area contributed by atoms with Gasteiger partial charge in [0.2, 0.25) is 5.91 Å². The highest BCUT2D eigenvalue weighted by atomic mass is 32.1. The van der Waals surface area contributed by atoms with Crippen molar-refractivity contribution in [2.45, 2.75) is 20.8 Å². The third-order valence-corrected chi connectivity index (χ3v) is 5.76. The molecule has 7 heteroatoms. The van der Waals surface area contributed by atoms with Crippen molar-refractivity contribution in [2.24, 2.45) is 5.41 Å². The molecule has 0 fully saturated rings. The largest absolute Gasteiger partial charge is 0.490 e. The lowest BCUT2D eigenvalue weighted by Crippen LogP contribution is -2.42. The van der Waals surface area contributed by atoms with E-state index in [1.807, 2.05) is 51.1 Å². The third kappa shape index (κ3) is 3.22. The second kappa shape index (κ2) is 6.91. The van der Waals surface area contributed by atoms with E-state index < -0.39 is 5.41 Å². The molecule has 1 aliphatic rings. The van der Waals surface area contributed by atoms with Gasteiger partial charge >= 0.3 is 0 Å². The van der Waals surface area contributed by atoms with Crippen LogP contribution in [0.5, 0.6) is 5.75 Å². The highest BCUT2D eigenvalue weighted by molar-refractivity contribution is 7.20. The molecule has 0 saturated heterocycles. The summed E-state index contributed by atoms with van der Waals surface area (Å²) in [6.07, 6.45) is 0. The molecule has 3 aromatic rings. The van der Waals surface area contributed by atoms with Gasteiger partial charge in [-0.25, -0.2) is 4.98 Å². The number of thiazole rings is 1. The summed E-state index contributed by atoms with van der Waals surface area (Å²) in [5, 5.41) is 3.29. The van der Waals surface area contributed by atoms with Crippen LogP contribution in [0.3, 0.4) is 0 Å². The van der Waals surface area contributed by atoms with Crippen molar-refractivity contribution in [3.63, 3.8) is 0 Å². The van der Waals surface area contributed by atoms with Gasteiger partial charge in [-0.2, -0.15) is 0 Å². The van der Waals surface area contributed by atoms with Gasteiger partial charge in [0, 0.05) is 18.3 Å². The van der Waals surface area contributed by atoms with E-state index in [4.69, 9.17) is 4.74 Å². The summed E-state index contributed by atoms with van der Waals surface area (Å²) in [6.45, 7) is 6.52. The summed E-state index contributed by atoms with van der Waals surface area (Å²) in [6, 6.07) is 13.0. The van der Waals surface area contributed by atoms with Gasteiger partial charge in [0.1, 0.15) is 12.4 Å². The fourth-order valence-corrected chi connectivity index (χ4v) is 4.05. The predicted octanol–water partition coefficient (Wildman–Crippen LogP) is 4.32. The number of hydrogen-bond donors (Lipinski definition) is 1. The number of rotatable bonds is 3. The van der Waals surface area contributed by atoms with E-state index in [0.717, 1.165) is 15.9 Å². The smallest absolute Gasteiger partial charge is 0.284 e. The van der Waals surface area contributed by atoms with Crippen molar-refractivity contribution in [1.82, 2.24) is 4.98 Å². The van der Waals surface area contributed by atoms with Crippen molar-refractivity contribution in [3.8, 4) is 5.75 Å². The van der Waals surface area contributed by atoms with Crippen molar-refractivity contribution < 1.29 is 14.3 Å². The molecule has 2 aromatic carbocycles. The number of ether oxygens (including phenoxy) is 1. The Labute approximate surface area is 167 Å². The van der Waals surface area contributed by atoms with Gasteiger partial charge in [-0.05, 0) is 45.0 Å². The fourth-order valence-electron chi connectivity index (χ4n) is 3.19. The van der Waals surface area contributed by atoms with Gasteiger partial charge in [0.15, 0.2) is 5.01 Å². The number of aromatic nitrogens is 1. The Hall–Kier alpha value is -2.93. The molecular formula is C21H21N3O3S. The average Bonchev–Trinajstić information content (AvgIpc) is 3.09. The number of carbonyl (C=O) groups excluding carboxylic acids is 2. The van der Waals surface area contributed by atoms with Gasteiger partial charge < -0.3 is 15.0 Å². The second-order valence-electron chi connectivity index (χ2n) is 7.35. The Morgan fingerprint density at radius 1 is 1.29 bits per heavy atom. The first-order valence-corrected chi connectivity index (χ1v) is 9.96. The maximum absolute atomic E-state index is 12.8. The number of hydrogen-bond acceptors (Lipinski definition) is 5. The minimum Gasteiger partial charge on any atom is -0.490 e. The molecule has 0 bridgehead atoms. The van der Waals surface area contributed by atoms with E-state index >= 15 is 0 Å². The number of nitrogens with zero attached hydrogens (tertiary/aromatic N) is 2. The van der Waals surface area contributed by atoms with Crippen LogP contribution in [0.4, 0.5) is 11.4 Å². The lowest BCUT2D eigenvalue weighted by atomic mass is 9.93. The zero-order valence-corrected chi connectivity index (χ0v) is 16.8. The molecule has 144 valence electrons. The Kier molecular flexibility index (Phi) is 4.55. The maximum Gasteiger partial charge on any atom is 0.284 e. The molecule has 0 aliphatic carbocycles. The molecule has 6 nitrogen and oxygen atoms in total. The van der Waals surface area contributed by atoms with Crippen LogP contribution < -0.4 is 15.0 Å². The molecular weight excluding hydrogens is 374 g/mol. The minimum absolute atomic E-state index is 0.0278. The van der Waals surface area contributed by atoms with E-state index in [1.165, 1.54) is 11.3 Å². The molecule has 0 unspecified atom stereocenters. The molecule has 4 rings (SSSR count). The van der Waals surface area contributed by atoms with Gasteiger partial charge in [0.05, 0.1) is 21.3 Å². The molecule has 1 aliphatic heterocycles. The quantitative estimate of drug-likeness (QED) is 0.717. The highest BCUT2D eigenvalue weighted by Gasteiger charge is 2.37. The van der Waals surface area contributed by atoms with E-state index in [-0.39, 0.29) is 18.4 Å². The van der Waals surface area contributed by atoms with Gasteiger partial charge in [-0.15, -0.1) is 11.3 Å². The maximum atomic E-state index is 12.8. The van der Waals surface area contributed by atoms with Crippen LogP contribution in [-0.2, 0) is 4.79 Å². The van der Waals surface area contributed by atoms with Gasteiger partial charge in [0.25, 0.3) is 5.91 Å². The standard InChI is InChI=1S/C21H21N3O3S/c1-4-24-15-10-9-13(11-16(15)27-12-21(2,3)20(24)26)22-18(25)19-23-14-7-5-6-8-17(14)28-19/h5-11H,4,12H2,1-3H3,(H,22,25). The van der Waals surface area contributed by atoms with Crippen molar-refractivity contribution >= 4 is 44.7 Å². The monoisotopic (exact) mass is 395 g/mol. The summed E-state index contributed by atoms with van der Waals surface area (Å²) in [4.78, 5) is 31.5. The topological polar surface area (TPSA) is 71.5 Å². The Morgan fingerprint density at radius 3 is 2.82 bits per heavy atom. The molecule has 2 amide bonds. The number of benzene rings is 2. The minimum atomic E-state index is -0.612. The van der Waals surface area contributed by atoms with Crippen LogP contribution in [0.15, 0.2) is 42.5 Å². The zero-order chi connectivity index (χ0) is 19.9. The lowest BCUT2D eigenvalue weighted by molar-refractivity contribution is -0.127. The van der Waals surface area contributed by atoms with Crippen LogP contribution in [0, 0.1) is 5.41 Å². The Morgan fingerprint density at radius 2 is 2.07 bits per heavy atom. The Balaban J connectivity index is 1.61. The molecule has 2 heterocycles. The van der Waals surface area contributed by atoms with Crippen LogP contribution >= 0.6 is 11.3 Å². The number of nitrogens with one attached hydrogen (secondary N) is 1. The summed E-state index contributed by atoms with van der Waals surface area (Å²) in [7, 11) is 0. The summed E-state index contributed by atoms with van der Waals surface area (Å²) >= 11 is 1.35. The molecule has 1 N–H and O–H groups in total. The third-order valence-electron chi connectivity index (χ3n) is 4.73. The molecule has 0 saturated carbocycles. The number of carbonyl (C=O) groups is 2. The number of amides is 2. The number of fused-ring (bicyclic) bond motifs is 2. The summed E-state index contributed by atoms with van der Waals surface area (Å²) < 4.78 is 6.89. The highest BCUT2D eigenvalue weighted by Crippen LogP contribution is 2.38. The van der Waals surface area contributed by atoms with Crippen LogP contribution in [0.25, 0.3) is 10.2 Å². The fraction of sp³-hybridized carbons (Fsp3) is 0.286.